The number of carbonyl (C=O) groups is 1. The molecule has 0 aliphatic rings. The molecule has 0 spiro atoms. The lowest BCUT2D eigenvalue weighted by atomic mass is 10.2. The summed E-state index contributed by atoms with van der Waals surface area (Å²) >= 11 is 6.09. The Bertz CT molecular complexity index is 1310. The number of benzene rings is 2. The number of sulfone groups is 1. The van der Waals surface area contributed by atoms with Crippen LogP contribution in [-0.4, -0.2) is 19.3 Å². The normalized spacial score (nSPS) is 11.5. The van der Waals surface area contributed by atoms with E-state index in [2.05, 4.69) is 10.3 Å². The van der Waals surface area contributed by atoms with Gasteiger partial charge in [0.25, 0.3) is 5.91 Å². The molecule has 0 bridgehead atoms. The van der Waals surface area contributed by atoms with Gasteiger partial charge in [0, 0.05) is 18.1 Å². The molecule has 1 N–H and O–H groups in total. The molecule has 4 rings (SSSR count). The second-order valence-corrected chi connectivity index (χ2v) is 9.11. The highest BCUT2D eigenvalue weighted by atomic mass is 35.5. The maximum atomic E-state index is 12.9. The molecule has 2 heterocycles. The van der Waals surface area contributed by atoms with Crippen LogP contribution in [0.15, 0.2) is 81.2 Å². The van der Waals surface area contributed by atoms with Crippen LogP contribution in [0.2, 0.25) is 5.02 Å². The first kappa shape index (κ1) is 20.1. The lowest BCUT2D eigenvalue weighted by molar-refractivity contribution is 0.0925. The molecule has 0 unspecified atom stereocenters. The van der Waals surface area contributed by atoms with Crippen molar-refractivity contribution in [3.8, 4) is 0 Å². The Morgan fingerprint density at radius 2 is 1.87 bits per heavy atom. The van der Waals surface area contributed by atoms with Gasteiger partial charge in [0.05, 0.1) is 21.0 Å². The number of hydrogen-bond donors (Lipinski definition) is 1. The highest BCUT2D eigenvalue weighted by Gasteiger charge is 2.21. The second kappa shape index (κ2) is 7.93. The number of amides is 1. The van der Waals surface area contributed by atoms with Crippen LogP contribution >= 0.6 is 11.6 Å². The summed E-state index contributed by atoms with van der Waals surface area (Å²) in [5, 5.41) is 3.73. The van der Waals surface area contributed by atoms with Gasteiger partial charge in [-0.25, -0.2) is 8.42 Å². The molecule has 4 aromatic rings. The molecule has 0 radical (unpaired) electrons. The Morgan fingerprint density at radius 3 is 2.60 bits per heavy atom. The fraction of sp³-hybridized carbons (Fsp3) is 0.0909. The van der Waals surface area contributed by atoms with E-state index in [1.165, 1.54) is 12.1 Å². The van der Waals surface area contributed by atoms with Crippen molar-refractivity contribution in [2.75, 3.05) is 0 Å². The van der Waals surface area contributed by atoms with Crippen molar-refractivity contribution in [2.45, 2.75) is 23.3 Å². The number of carbonyl (C=O) groups excluding carboxylic acids is 1. The molecular weight excluding hydrogens is 424 g/mol. The first-order chi connectivity index (χ1) is 14.3. The summed E-state index contributed by atoms with van der Waals surface area (Å²) in [6.07, 6.45) is 3.17. The van der Waals surface area contributed by atoms with E-state index in [9.17, 15) is 13.2 Å². The van der Waals surface area contributed by atoms with Crippen molar-refractivity contribution in [3.63, 3.8) is 0 Å². The predicted octanol–water partition coefficient (Wildman–Crippen LogP) is 4.55. The first-order valence-corrected chi connectivity index (χ1v) is 10.9. The van der Waals surface area contributed by atoms with Crippen LogP contribution in [0.25, 0.3) is 11.0 Å². The number of pyridine rings is 1. The molecule has 0 saturated carbocycles. The van der Waals surface area contributed by atoms with Gasteiger partial charge in [0.2, 0.25) is 9.84 Å². The van der Waals surface area contributed by atoms with Gasteiger partial charge in [-0.1, -0.05) is 29.8 Å². The highest BCUT2D eigenvalue weighted by molar-refractivity contribution is 7.91. The summed E-state index contributed by atoms with van der Waals surface area (Å²) in [7, 11) is -3.74. The smallest absolute Gasteiger partial charge is 0.287 e. The fourth-order valence-corrected chi connectivity index (χ4v) is 4.83. The molecule has 2 aromatic carbocycles. The van der Waals surface area contributed by atoms with E-state index in [1.807, 2.05) is 0 Å². The zero-order valence-electron chi connectivity index (χ0n) is 15.9. The molecule has 2 aromatic heterocycles. The number of hydrogen-bond acceptors (Lipinski definition) is 5. The third kappa shape index (κ3) is 3.94. The van der Waals surface area contributed by atoms with Crippen LogP contribution in [0, 0.1) is 6.92 Å². The van der Waals surface area contributed by atoms with Gasteiger partial charge in [-0.2, -0.15) is 0 Å². The molecule has 6 nitrogen and oxygen atoms in total. The quantitative estimate of drug-likeness (QED) is 0.491. The standard InChI is InChI=1S/C22H17ClN2O4S/c1-14-2-7-18(23)21(10-14)30(27,28)17-5-3-15(4-6-17)12-25-22(26)19-11-16-8-9-24-13-20(16)29-19/h2-11,13H,12H2,1H3,(H,25,26). The van der Waals surface area contributed by atoms with Crippen molar-refractivity contribution < 1.29 is 17.6 Å². The molecule has 0 aliphatic heterocycles. The van der Waals surface area contributed by atoms with Crippen LogP contribution in [-0.2, 0) is 16.4 Å². The van der Waals surface area contributed by atoms with Crippen molar-refractivity contribution in [1.82, 2.24) is 10.3 Å². The maximum Gasteiger partial charge on any atom is 0.287 e. The summed E-state index contributed by atoms with van der Waals surface area (Å²) in [5.74, 6) is -0.180. The Hall–Kier alpha value is -3.16. The minimum atomic E-state index is -3.74. The largest absolute Gasteiger partial charge is 0.449 e. The van der Waals surface area contributed by atoms with E-state index in [4.69, 9.17) is 16.0 Å². The Balaban J connectivity index is 1.48. The van der Waals surface area contributed by atoms with Crippen molar-refractivity contribution in [1.29, 1.82) is 0 Å². The van der Waals surface area contributed by atoms with Crippen molar-refractivity contribution in [2.24, 2.45) is 0 Å². The average Bonchev–Trinajstić information content (AvgIpc) is 3.18. The minimum absolute atomic E-state index is 0.0737. The summed E-state index contributed by atoms with van der Waals surface area (Å²) in [5.41, 5.74) is 2.08. The molecule has 0 saturated heterocycles. The molecule has 8 heteroatoms. The Labute approximate surface area is 178 Å². The van der Waals surface area contributed by atoms with E-state index in [1.54, 1.807) is 61.8 Å². The average molecular weight is 441 g/mol. The van der Waals surface area contributed by atoms with Gasteiger partial charge >= 0.3 is 0 Å². The SMILES string of the molecule is Cc1ccc(Cl)c(S(=O)(=O)c2ccc(CNC(=O)c3cc4ccncc4o3)cc2)c1. The zero-order valence-corrected chi connectivity index (χ0v) is 17.5. The van der Waals surface area contributed by atoms with E-state index in [0.29, 0.717) is 5.58 Å². The van der Waals surface area contributed by atoms with E-state index in [-0.39, 0.29) is 33.0 Å². The topological polar surface area (TPSA) is 89.3 Å². The number of aryl methyl sites for hydroxylation is 1. The third-order valence-corrected chi connectivity index (χ3v) is 6.86. The van der Waals surface area contributed by atoms with Gasteiger partial charge in [-0.3, -0.25) is 9.78 Å². The zero-order chi connectivity index (χ0) is 21.3. The van der Waals surface area contributed by atoms with Crippen molar-refractivity contribution in [3.05, 3.63) is 88.9 Å². The van der Waals surface area contributed by atoms with Gasteiger partial charge < -0.3 is 9.73 Å². The molecule has 30 heavy (non-hydrogen) atoms. The van der Waals surface area contributed by atoms with E-state index >= 15 is 0 Å². The van der Waals surface area contributed by atoms with Crippen LogP contribution in [0.3, 0.4) is 0 Å². The monoisotopic (exact) mass is 440 g/mol. The number of nitrogens with one attached hydrogen (secondary N) is 1. The Kier molecular flexibility index (Phi) is 5.32. The number of furan rings is 1. The predicted molar refractivity (Wildman–Crippen MR) is 113 cm³/mol. The van der Waals surface area contributed by atoms with E-state index < -0.39 is 9.84 Å². The van der Waals surface area contributed by atoms with Crippen LogP contribution in [0.5, 0.6) is 0 Å². The number of halogens is 1. The van der Waals surface area contributed by atoms with Gasteiger partial charge in [-0.05, 0) is 54.4 Å². The van der Waals surface area contributed by atoms with Gasteiger partial charge in [0.1, 0.15) is 0 Å². The number of rotatable bonds is 5. The third-order valence-electron chi connectivity index (χ3n) is 4.61. The van der Waals surface area contributed by atoms with Crippen LogP contribution in [0.4, 0.5) is 0 Å². The molecule has 0 fully saturated rings. The van der Waals surface area contributed by atoms with E-state index in [0.717, 1.165) is 16.5 Å². The number of nitrogens with zero attached hydrogens (tertiary/aromatic N) is 1. The molecule has 0 atom stereocenters. The fourth-order valence-electron chi connectivity index (χ4n) is 3.00. The summed E-state index contributed by atoms with van der Waals surface area (Å²) in [6.45, 7) is 2.03. The molecular formula is C22H17ClN2O4S. The Morgan fingerprint density at radius 1 is 1.10 bits per heavy atom. The van der Waals surface area contributed by atoms with Crippen molar-refractivity contribution >= 4 is 38.3 Å². The molecule has 152 valence electrons. The maximum absolute atomic E-state index is 12.9. The van der Waals surface area contributed by atoms with Gasteiger partial charge in [-0.15, -0.1) is 0 Å². The first-order valence-electron chi connectivity index (χ1n) is 9.06. The van der Waals surface area contributed by atoms with Gasteiger partial charge in [0.15, 0.2) is 11.3 Å². The summed E-state index contributed by atoms with van der Waals surface area (Å²) in [6, 6.07) is 14.6. The second-order valence-electron chi connectivity index (χ2n) is 6.79. The summed E-state index contributed by atoms with van der Waals surface area (Å²) in [4.78, 5) is 16.5. The molecule has 1 amide bonds. The highest BCUT2D eigenvalue weighted by Crippen LogP contribution is 2.28. The van der Waals surface area contributed by atoms with Crippen LogP contribution in [0.1, 0.15) is 21.7 Å². The molecule has 0 aliphatic carbocycles. The minimum Gasteiger partial charge on any atom is -0.449 e. The lowest BCUT2D eigenvalue weighted by Crippen LogP contribution is -2.22. The lowest BCUT2D eigenvalue weighted by Gasteiger charge is -2.09. The number of aromatic nitrogens is 1. The summed E-state index contributed by atoms with van der Waals surface area (Å²) < 4.78 is 31.3. The number of fused-ring (bicyclic) bond motifs is 1. The van der Waals surface area contributed by atoms with Crippen LogP contribution < -0.4 is 5.32 Å².